The molecule has 0 aliphatic heterocycles. The lowest BCUT2D eigenvalue weighted by Crippen LogP contribution is -2.19. The molecule has 3 heterocycles. The highest BCUT2D eigenvalue weighted by molar-refractivity contribution is 5.80. The van der Waals surface area contributed by atoms with Crippen molar-refractivity contribution < 1.29 is 4.39 Å². The van der Waals surface area contributed by atoms with Crippen LogP contribution in [0, 0.1) is 11.7 Å². The Morgan fingerprint density at radius 3 is 2.52 bits per heavy atom. The minimum Gasteiger partial charge on any atom is -0.352 e. The van der Waals surface area contributed by atoms with Crippen LogP contribution in [-0.4, -0.2) is 25.4 Å². The van der Waals surface area contributed by atoms with E-state index in [4.69, 9.17) is 9.97 Å². The fourth-order valence-electron chi connectivity index (χ4n) is 3.91. The summed E-state index contributed by atoms with van der Waals surface area (Å²) >= 11 is 0. The minimum atomic E-state index is -0.269. The van der Waals surface area contributed by atoms with Gasteiger partial charge in [-0.1, -0.05) is 20.8 Å². The fourth-order valence-corrected chi connectivity index (χ4v) is 3.91. The number of rotatable bonds is 7. The van der Waals surface area contributed by atoms with E-state index in [9.17, 15) is 4.39 Å². The van der Waals surface area contributed by atoms with Gasteiger partial charge in [0.1, 0.15) is 11.5 Å². The van der Waals surface area contributed by atoms with E-state index in [1.807, 2.05) is 16.7 Å². The van der Waals surface area contributed by atoms with Crippen LogP contribution in [0.5, 0.6) is 0 Å². The van der Waals surface area contributed by atoms with E-state index in [1.165, 1.54) is 17.7 Å². The van der Waals surface area contributed by atoms with Gasteiger partial charge in [0.25, 0.3) is 0 Å². The molecule has 0 bridgehead atoms. The Hall–Kier alpha value is -3.28. The van der Waals surface area contributed by atoms with Crippen molar-refractivity contribution in [1.29, 1.82) is 0 Å². The number of hydrogen-bond donors (Lipinski definition) is 1. The van der Waals surface area contributed by atoms with Crippen molar-refractivity contribution in [3.8, 4) is 22.6 Å². The molecule has 0 amide bonds. The summed E-state index contributed by atoms with van der Waals surface area (Å²) in [5.41, 5.74) is 5.31. The second kappa shape index (κ2) is 8.84. The number of pyridine rings is 1. The Labute approximate surface area is 182 Å². The molecule has 0 spiro atoms. The molecule has 0 radical (unpaired) electrons. The third kappa shape index (κ3) is 4.58. The molecule has 0 aliphatic rings. The zero-order valence-corrected chi connectivity index (χ0v) is 18.4. The first-order valence-corrected chi connectivity index (χ1v) is 10.8. The van der Waals surface area contributed by atoms with Crippen molar-refractivity contribution in [2.45, 2.75) is 46.6 Å². The molecule has 0 fully saturated rings. The number of nitrogens with one attached hydrogen (secondary N) is 1. The Kier molecular flexibility index (Phi) is 5.98. The number of fused-ring (bicyclic) bond motifs is 1. The Morgan fingerprint density at radius 2 is 1.81 bits per heavy atom. The standard InChI is InChI=1S/C25H28FN5/c1-5-18-11-13-31-22(15-18)30-23(19-6-8-20(26)9-7-19)24(31)21-10-12-27-25(29-21)28-17(4)14-16(2)3/h6-13,15-17H,5,14H2,1-4H3,(H,27,28,29). The molecular formula is C25H28FN5. The molecule has 6 heteroatoms. The highest BCUT2D eigenvalue weighted by atomic mass is 19.1. The van der Waals surface area contributed by atoms with Crippen LogP contribution in [0.1, 0.15) is 39.7 Å². The Balaban J connectivity index is 1.83. The van der Waals surface area contributed by atoms with Crippen LogP contribution < -0.4 is 5.32 Å². The van der Waals surface area contributed by atoms with E-state index >= 15 is 0 Å². The second-order valence-corrected chi connectivity index (χ2v) is 8.37. The van der Waals surface area contributed by atoms with Gasteiger partial charge < -0.3 is 5.32 Å². The summed E-state index contributed by atoms with van der Waals surface area (Å²) in [6.07, 6.45) is 5.75. The van der Waals surface area contributed by atoms with Crippen molar-refractivity contribution in [2.75, 3.05) is 5.32 Å². The van der Waals surface area contributed by atoms with Crippen molar-refractivity contribution in [3.63, 3.8) is 0 Å². The van der Waals surface area contributed by atoms with E-state index in [2.05, 4.69) is 50.1 Å². The topological polar surface area (TPSA) is 55.1 Å². The van der Waals surface area contributed by atoms with E-state index in [1.54, 1.807) is 18.3 Å². The van der Waals surface area contributed by atoms with Crippen molar-refractivity contribution in [3.05, 3.63) is 66.2 Å². The third-order valence-corrected chi connectivity index (χ3v) is 5.32. The maximum Gasteiger partial charge on any atom is 0.223 e. The number of benzene rings is 1. The summed E-state index contributed by atoms with van der Waals surface area (Å²) < 4.78 is 15.6. The van der Waals surface area contributed by atoms with Crippen LogP contribution in [0.2, 0.25) is 0 Å². The Morgan fingerprint density at radius 1 is 1.03 bits per heavy atom. The van der Waals surface area contributed by atoms with Gasteiger partial charge in [-0.25, -0.2) is 19.3 Å². The Bertz CT molecular complexity index is 1180. The summed E-state index contributed by atoms with van der Waals surface area (Å²) in [5, 5.41) is 3.41. The minimum absolute atomic E-state index is 0.265. The van der Waals surface area contributed by atoms with Crippen LogP contribution >= 0.6 is 0 Å². The maximum atomic E-state index is 13.5. The zero-order chi connectivity index (χ0) is 22.0. The van der Waals surface area contributed by atoms with Gasteiger partial charge in [-0.3, -0.25) is 4.40 Å². The molecule has 0 saturated carbocycles. The summed E-state index contributed by atoms with van der Waals surface area (Å²) in [6.45, 7) is 8.67. The molecule has 4 aromatic rings. The van der Waals surface area contributed by atoms with Crippen LogP contribution in [0.15, 0.2) is 54.9 Å². The highest BCUT2D eigenvalue weighted by Crippen LogP contribution is 2.32. The largest absolute Gasteiger partial charge is 0.352 e. The number of aryl methyl sites for hydroxylation is 1. The van der Waals surface area contributed by atoms with E-state index in [0.29, 0.717) is 11.9 Å². The molecule has 5 nitrogen and oxygen atoms in total. The molecule has 0 aliphatic carbocycles. The fraction of sp³-hybridized carbons (Fsp3) is 0.320. The van der Waals surface area contributed by atoms with Gasteiger partial charge in [-0.2, -0.15) is 0 Å². The van der Waals surface area contributed by atoms with E-state index in [0.717, 1.165) is 41.1 Å². The molecular weight excluding hydrogens is 389 g/mol. The van der Waals surface area contributed by atoms with Gasteiger partial charge in [-0.05, 0) is 73.7 Å². The average Bonchev–Trinajstić information content (AvgIpc) is 3.12. The van der Waals surface area contributed by atoms with Crippen molar-refractivity contribution in [1.82, 2.24) is 19.4 Å². The highest BCUT2D eigenvalue weighted by Gasteiger charge is 2.18. The summed E-state index contributed by atoms with van der Waals surface area (Å²) in [5.74, 6) is 0.910. The monoisotopic (exact) mass is 417 g/mol. The molecule has 1 atom stereocenters. The molecule has 1 N–H and O–H groups in total. The first kappa shape index (κ1) is 21.0. The van der Waals surface area contributed by atoms with Gasteiger partial charge in [0.15, 0.2) is 0 Å². The lowest BCUT2D eigenvalue weighted by molar-refractivity contribution is 0.537. The summed E-state index contributed by atoms with van der Waals surface area (Å²) in [7, 11) is 0. The summed E-state index contributed by atoms with van der Waals surface area (Å²) in [6, 6.07) is 12.8. The van der Waals surface area contributed by atoms with Gasteiger partial charge in [0.05, 0.1) is 17.1 Å². The van der Waals surface area contributed by atoms with E-state index in [-0.39, 0.29) is 11.9 Å². The molecule has 1 unspecified atom stereocenters. The molecule has 31 heavy (non-hydrogen) atoms. The normalized spacial score (nSPS) is 12.5. The third-order valence-electron chi connectivity index (χ3n) is 5.32. The lowest BCUT2D eigenvalue weighted by atomic mass is 10.1. The molecule has 3 aromatic heterocycles. The van der Waals surface area contributed by atoms with Crippen molar-refractivity contribution in [2.24, 2.45) is 5.92 Å². The number of imidazole rings is 1. The maximum absolute atomic E-state index is 13.5. The average molecular weight is 418 g/mol. The number of aromatic nitrogens is 4. The molecule has 1 aromatic carbocycles. The number of anilines is 1. The SMILES string of the molecule is CCc1ccn2c(-c3ccnc(NC(C)CC(C)C)n3)c(-c3ccc(F)cc3)nc2c1. The quantitative estimate of drug-likeness (QED) is 0.400. The van der Waals surface area contributed by atoms with Crippen molar-refractivity contribution >= 4 is 11.6 Å². The predicted molar refractivity (Wildman–Crippen MR) is 124 cm³/mol. The predicted octanol–water partition coefficient (Wildman–Crippen LogP) is 6.01. The number of halogens is 1. The molecule has 0 saturated heterocycles. The van der Waals surface area contributed by atoms with Crippen LogP contribution in [-0.2, 0) is 6.42 Å². The number of hydrogen-bond acceptors (Lipinski definition) is 4. The van der Waals surface area contributed by atoms with Crippen LogP contribution in [0.3, 0.4) is 0 Å². The lowest BCUT2D eigenvalue weighted by Gasteiger charge is -2.16. The van der Waals surface area contributed by atoms with Crippen LogP contribution in [0.25, 0.3) is 28.3 Å². The van der Waals surface area contributed by atoms with Gasteiger partial charge in [-0.15, -0.1) is 0 Å². The van der Waals surface area contributed by atoms with Gasteiger partial charge in [0, 0.05) is 24.0 Å². The second-order valence-electron chi connectivity index (χ2n) is 8.37. The molecule has 4 rings (SSSR count). The first-order valence-electron chi connectivity index (χ1n) is 10.8. The molecule has 160 valence electrons. The van der Waals surface area contributed by atoms with Gasteiger partial charge in [0.2, 0.25) is 5.95 Å². The first-order chi connectivity index (χ1) is 14.9. The van der Waals surface area contributed by atoms with Crippen LogP contribution in [0.4, 0.5) is 10.3 Å². The zero-order valence-electron chi connectivity index (χ0n) is 18.4. The van der Waals surface area contributed by atoms with E-state index < -0.39 is 0 Å². The summed E-state index contributed by atoms with van der Waals surface area (Å²) in [4.78, 5) is 14.1. The number of nitrogens with zero attached hydrogens (tertiary/aromatic N) is 4. The van der Waals surface area contributed by atoms with Gasteiger partial charge >= 0.3 is 0 Å². The smallest absolute Gasteiger partial charge is 0.223 e.